The van der Waals surface area contributed by atoms with Gasteiger partial charge in [0.2, 0.25) is 0 Å². The van der Waals surface area contributed by atoms with E-state index in [2.05, 4.69) is 26.2 Å². The average Bonchev–Trinajstić information content (AvgIpc) is 2.89. The number of carbonyl (C=O) groups excluding carboxylic acids is 1. The van der Waals surface area contributed by atoms with Crippen LogP contribution in [-0.2, 0) is 4.79 Å². The lowest BCUT2D eigenvalue weighted by molar-refractivity contribution is -0.115. The molecule has 0 bridgehead atoms. The Labute approximate surface area is 161 Å². The minimum atomic E-state index is -0.338. The number of carbonyl (C=O) groups is 1. The second kappa shape index (κ2) is 7.59. The van der Waals surface area contributed by atoms with Gasteiger partial charge >= 0.3 is 0 Å². The number of nitrogens with one attached hydrogen (secondary N) is 1. The zero-order valence-corrected chi connectivity index (χ0v) is 16.0. The number of rotatable bonds is 3. The number of methoxy groups -OCH3 is 1. The molecule has 2 aromatic rings. The lowest BCUT2D eigenvalue weighted by Crippen LogP contribution is -2.19. The molecule has 1 aliphatic rings. The predicted molar refractivity (Wildman–Crippen MR) is 103 cm³/mol. The zero-order chi connectivity index (χ0) is 18.0. The van der Waals surface area contributed by atoms with E-state index in [4.69, 9.17) is 16.3 Å². The van der Waals surface area contributed by atoms with E-state index < -0.39 is 0 Å². The molecule has 0 aliphatic carbocycles. The number of amidine groups is 1. The van der Waals surface area contributed by atoms with Crippen molar-refractivity contribution in [1.82, 2.24) is 5.32 Å². The molecule has 3 rings (SSSR count). The van der Waals surface area contributed by atoms with Gasteiger partial charge in [0.15, 0.2) is 10.9 Å². The van der Waals surface area contributed by atoms with Crippen LogP contribution in [0.1, 0.15) is 5.56 Å². The second-order valence-corrected chi connectivity index (χ2v) is 7.27. The summed E-state index contributed by atoms with van der Waals surface area (Å²) in [4.78, 5) is 16.9. The smallest absolute Gasteiger partial charge is 0.264 e. The highest BCUT2D eigenvalue weighted by atomic mass is 79.9. The molecule has 0 unspecified atom stereocenters. The molecule has 1 heterocycles. The number of aliphatic imine (C=N–C) groups is 1. The van der Waals surface area contributed by atoms with E-state index in [1.54, 1.807) is 18.2 Å². The fourth-order valence-corrected chi connectivity index (χ4v) is 4.02. The van der Waals surface area contributed by atoms with Gasteiger partial charge in [0.05, 0.1) is 27.2 Å². The Kier molecular flexibility index (Phi) is 5.46. The Bertz CT molecular complexity index is 877. The van der Waals surface area contributed by atoms with Gasteiger partial charge in [-0.15, -0.1) is 0 Å². The molecule has 25 heavy (non-hydrogen) atoms. The standard InChI is InChI=1S/C17H11BrClFN2O2S/c1-24-15-12(18)6-9(7-13(15)19)8-14-16(23)22-17(25-14)21-11-4-2-10(20)3-5-11/h2-8H,1H3,(H,21,22,23)/b14-8+. The summed E-state index contributed by atoms with van der Waals surface area (Å²) < 4.78 is 18.8. The van der Waals surface area contributed by atoms with Crippen LogP contribution in [0.15, 0.2) is 50.8 Å². The first-order chi connectivity index (χ1) is 12.0. The molecule has 8 heteroatoms. The van der Waals surface area contributed by atoms with Gasteiger partial charge in [-0.1, -0.05) is 11.6 Å². The number of nitrogens with zero attached hydrogens (tertiary/aromatic N) is 1. The largest absolute Gasteiger partial charge is 0.494 e. The van der Waals surface area contributed by atoms with E-state index in [9.17, 15) is 9.18 Å². The molecule has 1 amide bonds. The highest BCUT2D eigenvalue weighted by Gasteiger charge is 2.24. The highest BCUT2D eigenvalue weighted by Crippen LogP contribution is 2.36. The van der Waals surface area contributed by atoms with Crippen LogP contribution in [0.25, 0.3) is 6.08 Å². The molecular formula is C17H11BrClFN2O2S. The summed E-state index contributed by atoms with van der Waals surface area (Å²) in [5.74, 6) is -0.0607. The van der Waals surface area contributed by atoms with Gasteiger partial charge in [0, 0.05) is 0 Å². The van der Waals surface area contributed by atoms with E-state index in [0.717, 1.165) is 5.56 Å². The molecule has 1 saturated heterocycles. The minimum Gasteiger partial charge on any atom is -0.494 e. The monoisotopic (exact) mass is 440 g/mol. The molecule has 1 aliphatic heterocycles. The molecule has 4 nitrogen and oxygen atoms in total. The van der Waals surface area contributed by atoms with Crippen LogP contribution in [0.3, 0.4) is 0 Å². The van der Waals surface area contributed by atoms with Gasteiger partial charge in [-0.25, -0.2) is 9.38 Å². The maximum atomic E-state index is 12.9. The van der Waals surface area contributed by atoms with Crippen molar-refractivity contribution >= 4 is 62.1 Å². The lowest BCUT2D eigenvalue weighted by atomic mass is 10.2. The Morgan fingerprint density at radius 1 is 1.32 bits per heavy atom. The summed E-state index contributed by atoms with van der Waals surface area (Å²) in [5.41, 5.74) is 1.30. The topological polar surface area (TPSA) is 50.7 Å². The van der Waals surface area contributed by atoms with Crippen LogP contribution in [0.4, 0.5) is 10.1 Å². The van der Waals surface area contributed by atoms with Crippen molar-refractivity contribution < 1.29 is 13.9 Å². The third-order valence-corrected chi connectivity index (χ3v) is 5.01. The number of benzene rings is 2. The third kappa shape index (κ3) is 4.23. The molecular weight excluding hydrogens is 431 g/mol. The van der Waals surface area contributed by atoms with Crippen molar-refractivity contribution in [2.75, 3.05) is 7.11 Å². The van der Waals surface area contributed by atoms with Crippen molar-refractivity contribution in [2.45, 2.75) is 0 Å². The minimum absolute atomic E-state index is 0.256. The molecule has 2 aromatic carbocycles. The van der Waals surface area contributed by atoms with Crippen molar-refractivity contribution in [1.29, 1.82) is 0 Å². The Morgan fingerprint density at radius 3 is 2.68 bits per heavy atom. The Morgan fingerprint density at radius 2 is 2.04 bits per heavy atom. The summed E-state index contributed by atoms with van der Waals surface area (Å²) in [6.45, 7) is 0. The summed E-state index contributed by atoms with van der Waals surface area (Å²) in [7, 11) is 1.53. The highest BCUT2D eigenvalue weighted by molar-refractivity contribution is 9.10. The van der Waals surface area contributed by atoms with Crippen LogP contribution in [0.2, 0.25) is 5.02 Å². The van der Waals surface area contributed by atoms with Gasteiger partial charge in [0.25, 0.3) is 5.91 Å². The van der Waals surface area contributed by atoms with Crippen LogP contribution < -0.4 is 10.1 Å². The molecule has 1 fully saturated rings. The number of hydrogen-bond acceptors (Lipinski definition) is 4. The maximum absolute atomic E-state index is 12.9. The number of hydrogen-bond donors (Lipinski definition) is 1. The van der Waals surface area contributed by atoms with E-state index in [1.165, 1.54) is 43.1 Å². The number of ether oxygens (including phenoxy) is 1. The van der Waals surface area contributed by atoms with Crippen LogP contribution in [0.5, 0.6) is 5.75 Å². The molecule has 0 aromatic heterocycles. The number of halogens is 3. The van der Waals surface area contributed by atoms with Crippen LogP contribution in [-0.4, -0.2) is 18.2 Å². The molecule has 0 saturated carbocycles. The van der Waals surface area contributed by atoms with Gasteiger partial charge < -0.3 is 10.1 Å². The normalized spacial score (nSPS) is 17.2. The van der Waals surface area contributed by atoms with Crippen LogP contribution in [0, 0.1) is 5.82 Å². The summed E-state index contributed by atoms with van der Waals surface area (Å²) >= 11 is 10.7. The first kappa shape index (κ1) is 18.0. The molecule has 1 N–H and O–H groups in total. The number of thioether (sulfide) groups is 1. The fourth-order valence-electron chi connectivity index (χ4n) is 2.12. The van der Waals surface area contributed by atoms with E-state index in [1.807, 2.05) is 0 Å². The van der Waals surface area contributed by atoms with Crippen molar-refractivity contribution in [2.24, 2.45) is 4.99 Å². The quantitative estimate of drug-likeness (QED) is 0.671. The maximum Gasteiger partial charge on any atom is 0.264 e. The third-order valence-electron chi connectivity index (χ3n) is 3.23. The van der Waals surface area contributed by atoms with Gasteiger partial charge in [-0.3, -0.25) is 4.79 Å². The van der Waals surface area contributed by atoms with Crippen molar-refractivity contribution in [3.63, 3.8) is 0 Å². The predicted octanol–water partition coefficient (Wildman–Crippen LogP) is 5.14. The molecule has 0 spiro atoms. The number of amides is 1. The van der Waals surface area contributed by atoms with E-state index in [-0.39, 0.29) is 11.7 Å². The molecule has 0 atom stereocenters. The van der Waals surface area contributed by atoms with E-state index in [0.29, 0.717) is 31.0 Å². The average molecular weight is 442 g/mol. The van der Waals surface area contributed by atoms with Crippen LogP contribution >= 0.6 is 39.3 Å². The lowest BCUT2D eigenvalue weighted by Gasteiger charge is -2.07. The Balaban J connectivity index is 1.85. The fraction of sp³-hybridized carbons (Fsp3) is 0.0588. The first-order valence-corrected chi connectivity index (χ1v) is 9.03. The Hall–Kier alpha value is -1.83. The second-order valence-electron chi connectivity index (χ2n) is 4.98. The van der Waals surface area contributed by atoms with Gasteiger partial charge in [-0.05, 0) is 75.7 Å². The zero-order valence-electron chi connectivity index (χ0n) is 12.8. The molecule has 128 valence electrons. The molecule has 0 radical (unpaired) electrons. The van der Waals surface area contributed by atoms with Gasteiger partial charge in [0.1, 0.15) is 5.82 Å². The summed E-state index contributed by atoms with van der Waals surface area (Å²) in [5, 5.41) is 3.55. The summed E-state index contributed by atoms with van der Waals surface area (Å²) in [6.07, 6.45) is 1.71. The summed E-state index contributed by atoms with van der Waals surface area (Å²) in [6, 6.07) is 9.22. The SMILES string of the molecule is COc1c(Cl)cc(/C=C2/SC(=Nc3ccc(F)cc3)NC2=O)cc1Br. The first-order valence-electron chi connectivity index (χ1n) is 7.04. The van der Waals surface area contributed by atoms with Crippen molar-refractivity contribution in [3.8, 4) is 5.75 Å². The van der Waals surface area contributed by atoms with E-state index >= 15 is 0 Å². The van der Waals surface area contributed by atoms with Gasteiger partial charge in [-0.2, -0.15) is 0 Å². The van der Waals surface area contributed by atoms with Crippen molar-refractivity contribution in [3.05, 3.63) is 62.2 Å².